The van der Waals surface area contributed by atoms with Crippen molar-refractivity contribution in [3.63, 3.8) is 0 Å². The summed E-state index contributed by atoms with van der Waals surface area (Å²) in [6.07, 6.45) is 1.29. The molecule has 7 heteroatoms. The summed E-state index contributed by atoms with van der Waals surface area (Å²) in [5.41, 5.74) is 0. The molecule has 106 valence electrons. The summed E-state index contributed by atoms with van der Waals surface area (Å²) >= 11 is 0. The number of amides is 3. The minimum Gasteiger partial charge on any atom is -0.333 e. The number of nitrogens with zero attached hydrogens (tertiary/aromatic N) is 2. The lowest BCUT2D eigenvalue weighted by Gasteiger charge is -2.35. The lowest BCUT2D eigenvalue weighted by atomic mass is 10.1. The van der Waals surface area contributed by atoms with Crippen molar-refractivity contribution in [1.82, 2.24) is 20.4 Å². The van der Waals surface area contributed by atoms with Crippen LogP contribution in [0.5, 0.6) is 0 Å². The van der Waals surface area contributed by atoms with Crippen LogP contribution in [0.4, 0.5) is 0 Å². The number of hydrogen-bond acceptors (Lipinski definition) is 5. The number of hydrogen-bond donors (Lipinski definition) is 2. The number of imide groups is 1. The Morgan fingerprint density at radius 1 is 1.42 bits per heavy atom. The van der Waals surface area contributed by atoms with Crippen molar-refractivity contribution < 1.29 is 14.4 Å². The second kappa shape index (κ2) is 6.12. The van der Waals surface area contributed by atoms with Gasteiger partial charge in [0.2, 0.25) is 17.7 Å². The highest BCUT2D eigenvalue weighted by atomic mass is 16.2. The number of carbonyl (C=O) groups is 3. The van der Waals surface area contributed by atoms with Crippen LogP contribution in [0.15, 0.2) is 0 Å². The molecule has 2 aliphatic heterocycles. The van der Waals surface area contributed by atoms with Crippen LogP contribution in [0, 0.1) is 0 Å². The predicted octanol–water partition coefficient (Wildman–Crippen LogP) is -1.84. The van der Waals surface area contributed by atoms with Crippen LogP contribution in [-0.4, -0.2) is 73.3 Å². The monoisotopic (exact) mass is 268 g/mol. The molecule has 2 heterocycles. The smallest absolute Gasteiger partial charge is 0.246 e. The lowest BCUT2D eigenvalue weighted by Crippen LogP contribution is -2.58. The van der Waals surface area contributed by atoms with Gasteiger partial charge in [-0.2, -0.15) is 0 Å². The van der Waals surface area contributed by atoms with E-state index in [4.69, 9.17) is 0 Å². The normalized spacial score (nSPS) is 19.7. The third-order valence-electron chi connectivity index (χ3n) is 3.56. The van der Waals surface area contributed by atoms with Gasteiger partial charge in [-0.15, -0.1) is 0 Å². The van der Waals surface area contributed by atoms with Gasteiger partial charge in [0.25, 0.3) is 0 Å². The van der Waals surface area contributed by atoms with E-state index in [0.717, 1.165) is 19.5 Å². The Labute approximate surface area is 112 Å². The van der Waals surface area contributed by atoms with E-state index in [1.54, 1.807) is 0 Å². The molecule has 0 atom stereocenters. The van der Waals surface area contributed by atoms with Crippen LogP contribution in [-0.2, 0) is 14.4 Å². The van der Waals surface area contributed by atoms with Gasteiger partial charge in [-0.05, 0) is 13.5 Å². The molecule has 2 N–H and O–H groups in total. The molecule has 0 aromatic rings. The highest BCUT2D eigenvalue weighted by Crippen LogP contribution is 2.08. The summed E-state index contributed by atoms with van der Waals surface area (Å²) in [4.78, 5) is 38.1. The molecule has 0 saturated carbocycles. The van der Waals surface area contributed by atoms with Gasteiger partial charge in [-0.25, -0.2) is 0 Å². The van der Waals surface area contributed by atoms with Crippen molar-refractivity contribution in [2.24, 2.45) is 0 Å². The molecule has 2 rings (SSSR count). The van der Waals surface area contributed by atoms with Gasteiger partial charge in [-0.1, -0.05) is 0 Å². The van der Waals surface area contributed by atoms with E-state index in [1.165, 1.54) is 4.90 Å². The largest absolute Gasteiger partial charge is 0.333 e. The highest BCUT2D eigenvalue weighted by Gasteiger charge is 2.25. The van der Waals surface area contributed by atoms with E-state index in [9.17, 15) is 14.4 Å². The first-order valence-corrected chi connectivity index (χ1v) is 6.57. The molecular weight excluding hydrogens is 248 g/mol. The van der Waals surface area contributed by atoms with Crippen molar-refractivity contribution in [2.75, 3.05) is 39.8 Å². The Morgan fingerprint density at radius 3 is 2.68 bits per heavy atom. The van der Waals surface area contributed by atoms with Crippen LogP contribution in [0.25, 0.3) is 0 Å². The molecule has 0 aromatic heterocycles. The first-order chi connectivity index (χ1) is 9.06. The molecule has 0 unspecified atom stereocenters. The van der Waals surface area contributed by atoms with Crippen LogP contribution < -0.4 is 10.6 Å². The van der Waals surface area contributed by atoms with Gasteiger partial charge in [0.15, 0.2) is 0 Å². The summed E-state index contributed by atoms with van der Waals surface area (Å²) in [5.74, 6) is -0.730. The first-order valence-electron chi connectivity index (χ1n) is 6.57. The van der Waals surface area contributed by atoms with Gasteiger partial charge >= 0.3 is 0 Å². The molecular formula is C12H20N4O3. The van der Waals surface area contributed by atoms with Gasteiger partial charge in [0.1, 0.15) is 0 Å². The fraction of sp³-hybridized carbons (Fsp3) is 0.750. The van der Waals surface area contributed by atoms with Crippen LogP contribution in [0.1, 0.15) is 12.8 Å². The quantitative estimate of drug-likeness (QED) is 0.612. The number of likely N-dealkylation sites (tertiary alicyclic amines) is 1. The molecule has 0 aliphatic carbocycles. The average Bonchev–Trinajstić information content (AvgIpc) is 2.60. The fourth-order valence-corrected chi connectivity index (χ4v) is 2.22. The van der Waals surface area contributed by atoms with Gasteiger partial charge in [0, 0.05) is 32.1 Å². The topological polar surface area (TPSA) is 81.8 Å². The summed E-state index contributed by atoms with van der Waals surface area (Å²) in [7, 11) is 1.86. The van der Waals surface area contributed by atoms with E-state index in [-0.39, 0.29) is 24.9 Å². The van der Waals surface area contributed by atoms with E-state index >= 15 is 0 Å². The molecule has 7 nitrogen and oxygen atoms in total. The van der Waals surface area contributed by atoms with Crippen LogP contribution in [0.2, 0.25) is 0 Å². The maximum Gasteiger partial charge on any atom is 0.246 e. The van der Waals surface area contributed by atoms with Crippen molar-refractivity contribution >= 4 is 17.7 Å². The second-order valence-electron chi connectivity index (χ2n) is 5.12. The molecule has 3 amide bonds. The average molecular weight is 268 g/mol. The van der Waals surface area contributed by atoms with E-state index in [2.05, 4.69) is 10.6 Å². The van der Waals surface area contributed by atoms with Gasteiger partial charge < -0.3 is 10.2 Å². The minimum absolute atomic E-state index is 0.0136. The summed E-state index contributed by atoms with van der Waals surface area (Å²) < 4.78 is 0. The minimum atomic E-state index is -0.402. The summed E-state index contributed by atoms with van der Waals surface area (Å²) in [6, 6.07) is 0.362. The predicted molar refractivity (Wildman–Crippen MR) is 68.3 cm³/mol. The molecule has 2 aliphatic rings. The number of carbonyl (C=O) groups excluding carboxylic acids is 3. The van der Waals surface area contributed by atoms with E-state index < -0.39 is 5.91 Å². The Kier molecular flexibility index (Phi) is 4.49. The Bertz CT molecular complexity index is 381. The maximum atomic E-state index is 11.7. The molecule has 2 saturated heterocycles. The van der Waals surface area contributed by atoms with Crippen LogP contribution in [0.3, 0.4) is 0 Å². The van der Waals surface area contributed by atoms with Crippen molar-refractivity contribution in [3.05, 3.63) is 0 Å². The maximum absolute atomic E-state index is 11.7. The van der Waals surface area contributed by atoms with Crippen molar-refractivity contribution in [1.29, 1.82) is 0 Å². The van der Waals surface area contributed by atoms with Crippen molar-refractivity contribution in [2.45, 2.75) is 18.9 Å². The fourth-order valence-electron chi connectivity index (χ4n) is 2.22. The Balaban J connectivity index is 1.69. The number of rotatable bonds is 5. The van der Waals surface area contributed by atoms with Gasteiger partial charge in [0.05, 0.1) is 13.1 Å². The van der Waals surface area contributed by atoms with E-state index in [0.29, 0.717) is 19.0 Å². The molecule has 0 aromatic carbocycles. The lowest BCUT2D eigenvalue weighted by molar-refractivity contribution is -0.136. The van der Waals surface area contributed by atoms with Crippen LogP contribution >= 0.6 is 0 Å². The molecule has 19 heavy (non-hydrogen) atoms. The summed E-state index contributed by atoms with van der Waals surface area (Å²) in [5, 5.41) is 5.45. The first kappa shape index (κ1) is 14.0. The standard InChI is InChI=1S/C12H20N4O3/c1-15(9-5-13-6-9)7-10(17)14-11(18)8-16-4-2-3-12(16)19/h9,13H,2-8H2,1H3,(H,14,17,18). The van der Waals surface area contributed by atoms with Gasteiger partial charge in [-0.3, -0.25) is 24.6 Å². The zero-order chi connectivity index (χ0) is 13.8. The Morgan fingerprint density at radius 2 is 2.16 bits per heavy atom. The zero-order valence-corrected chi connectivity index (χ0v) is 11.1. The molecule has 0 radical (unpaired) electrons. The Hall–Kier alpha value is -1.47. The third kappa shape index (κ3) is 3.74. The summed E-state index contributed by atoms with van der Waals surface area (Å²) in [6.45, 7) is 2.54. The zero-order valence-electron chi connectivity index (χ0n) is 11.1. The SMILES string of the molecule is CN(CC(=O)NC(=O)CN1CCCC1=O)C1CNC1. The van der Waals surface area contributed by atoms with E-state index in [1.807, 2.05) is 11.9 Å². The number of likely N-dealkylation sites (N-methyl/N-ethyl adjacent to an activating group) is 1. The number of nitrogens with one attached hydrogen (secondary N) is 2. The molecule has 0 spiro atoms. The highest BCUT2D eigenvalue weighted by molar-refractivity contribution is 5.98. The molecule has 2 fully saturated rings. The third-order valence-corrected chi connectivity index (χ3v) is 3.56. The second-order valence-corrected chi connectivity index (χ2v) is 5.12. The van der Waals surface area contributed by atoms with Crippen molar-refractivity contribution in [3.8, 4) is 0 Å². The molecule has 0 bridgehead atoms.